The number of hydrogen-bond donors (Lipinski definition) is 3. The molecule has 4 rings (SSSR count). The van der Waals surface area contributed by atoms with Crippen molar-refractivity contribution in [3.8, 4) is 0 Å². The highest BCUT2D eigenvalue weighted by Gasteiger charge is 2.31. The van der Waals surface area contributed by atoms with Crippen molar-refractivity contribution in [2.75, 3.05) is 13.6 Å². The highest BCUT2D eigenvalue weighted by Crippen LogP contribution is 2.36. The van der Waals surface area contributed by atoms with Crippen molar-refractivity contribution in [2.24, 2.45) is 0 Å². The highest BCUT2D eigenvalue weighted by atomic mass is 35.5. The first-order valence-electron chi connectivity index (χ1n) is 11.1. The third kappa shape index (κ3) is 4.51. The topological polar surface area (TPSA) is 89.7 Å². The van der Waals surface area contributed by atoms with Crippen LogP contribution in [0.3, 0.4) is 0 Å². The molecule has 33 heavy (non-hydrogen) atoms. The monoisotopic (exact) mass is 471 g/mol. The summed E-state index contributed by atoms with van der Waals surface area (Å²) in [5.74, 6) is -0.168. The molecular formula is C24H30ClN5O3. The Hall–Kier alpha value is -2.81. The van der Waals surface area contributed by atoms with E-state index in [9.17, 15) is 9.59 Å². The molecular weight excluding hydrogens is 442 g/mol. The van der Waals surface area contributed by atoms with Crippen LogP contribution in [0.25, 0.3) is 5.70 Å². The predicted octanol–water partition coefficient (Wildman–Crippen LogP) is 3.10. The number of fused-ring (bicyclic) bond motifs is 1. The van der Waals surface area contributed by atoms with Gasteiger partial charge < -0.3 is 20.0 Å². The minimum Gasteiger partial charge on any atom is -0.374 e. The fraction of sp³-hybridized carbons (Fsp3) is 0.417. The van der Waals surface area contributed by atoms with Gasteiger partial charge in [0.05, 0.1) is 41.2 Å². The van der Waals surface area contributed by atoms with E-state index in [0.29, 0.717) is 35.7 Å². The van der Waals surface area contributed by atoms with Crippen molar-refractivity contribution in [3.63, 3.8) is 0 Å². The summed E-state index contributed by atoms with van der Waals surface area (Å²) in [5.41, 5.74) is 12.0. The van der Waals surface area contributed by atoms with Gasteiger partial charge in [-0.2, -0.15) is 0 Å². The smallest absolute Gasteiger partial charge is 0.255 e. The summed E-state index contributed by atoms with van der Waals surface area (Å²) in [5, 5.41) is 2.26. The second kappa shape index (κ2) is 9.21. The summed E-state index contributed by atoms with van der Waals surface area (Å²) in [6.07, 6.45) is 0.709. The van der Waals surface area contributed by atoms with Gasteiger partial charge in [-0.15, -0.1) is 5.53 Å². The number of aromatic amines is 1. The minimum absolute atomic E-state index is 0.0358. The fourth-order valence-corrected chi connectivity index (χ4v) is 4.71. The van der Waals surface area contributed by atoms with E-state index in [-0.39, 0.29) is 24.1 Å². The standard InChI is InChI=1S/C24H30ClN5O3/c1-13(2)33-12-17-10-14(3)26-23(31)19(17)11-30-9-8-16-6-7-18(21(25)20(16)24(30)32)22-15(4)27-28-29(22)5/h6-7,10,13,27-28H,8-9,11-12H2,1-5H3,(H,26,31). The van der Waals surface area contributed by atoms with E-state index < -0.39 is 0 Å². The summed E-state index contributed by atoms with van der Waals surface area (Å²) in [6.45, 7) is 8.73. The first kappa shape index (κ1) is 23.4. The zero-order valence-corrected chi connectivity index (χ0v) is 20.4. The number of benzene rings is 1. The molecule has 1 aromatic heterocycles. The van der Waals surface area contributed by atoms with E-state index in [1.165, 1.54) is 0 Å². The lowest BCUT2D eigenvalue weighted by atomic mass is 9.94. The van der Waals surface area contributed by atoms with Gasteiger partial charge >= 0.3 is 0 Å². The number of carbonyl (C=O) groups excluding carboxylic acids is 1. The number of aromatic nitrogens is 1. The van der Waals surface area contributed by atoms with Gasteiger partial charge in [-0.05, 0) is 51.3 Å². The Morgan fingerprint density at radius 2 is 1.97 bits per heavy atom. The van der Waals surface area contributed by atoms with Crippen LogP contribution in [0.5, 0.6) is 0 Å². The number of nitrogens with zero attached hydrogens (tertiary/aromatic N) is 2. The van der Waals surface area contributed by atoms with Gasteiger partial charge in [-0.3, -0.25) is 14.6 Å². The SMILES string of the molecule is CC1=C(c2ccc3c(c2Cl)C(=O)N(Cc2c(COC(C)C)cc(C)[nH]c2=O)CC3)N(C)NN1. The Morgan fingerprint density at radius 3 is 2.64 bits per heavy atom. The molecule has 0 aliphatic carbocycles. The second-order valence-electron chi connectivity index (χ2n) is 8.85. The van der Waals surface area contributed by atoms with Gasteiger partial charge in [0.25, 0.3) is 11.5 Å². The van der Waals surface area contributed by atoms with Crippen LogP contribution in [0.4, 0.5) is 0 Å². The largest absolute Gasteiger partial charge is 0.374 e. The highest BCUT2D eigenvalue weighted by molar-refractivity contribution is 6.35. The van der Waals surface area contributed by atoms with Gasteiger partial charge in [0, 0.05) is 30.4 Å². The molecule has 8 nitrogen and oxygen atoms in total. The van der Waals surface area contributed by atoms with E-state index in [4.69, 9.17) is 16.3 Å². The Labute approximate surface area is 198 Å². The average Bonchev–Trinajstić information content (AvgIpc) is 3.08. The van der Waals surface area contributed by atoms with Gasteiger partial charge in [-0.1, -0.05) is 23.7 Å². The van der Waals surface area contributed by atoms with E-state index in [2.05, 4.69) is 15.9 Å². The Balaban J connectivity index is 1.68. The van der Waals surface area contributed by atoms with Crippen molar-refractivity contribution in [1.82, 2.24) is 25.9 Å². The Kier molecular flexibility index (Phi) is 6.52. The lowest BCUT2D eigenvalue weighted by molar-refractivity contribution is 0.0632. The maximum absolute atomic E-state index is 13.6. The van der Waals surface area contributed by atoms with E-state index in [1.807, 2.05) is 58.0 Å². The molecule has 3 heterocycles. The summed E-state index contributed by atoms with van der Waals surface area (Å²) in [7, 11) is 1.88. The quantitative estimate of drug-likeness (QED) is 0.600. The van der Waals surface area contributed by atoms with Crippen LogP contribution in [-0.2, 0) is 24.3 Å². The van der Waals surface area contributed by atoms with Gasteiger partial charge in [0.15, 0.2) is 0 Å². The molecule has 176 valence electrons. The molecule has 0 unspecified atom stereocenters. The first-order chi connectivity index (χ1) is 15.7. The van der Waals surface area contributed by atoms with Gasteiger partial charge in [-0.25, -0.2) is 0 Å². The maximum Gasteiger partial charge on any atom is 0.255 e. The maximum atomic E-state index is 13.6. The molecule has 1 amide bonds. The van der Waals surface area contributed by atoms with Crippen molar-refractivity contribution < 1.29 is 9.53 Å². The van der Waals surface area contributed by atoms with Gasteiger partial charge in [0.2, 0.25) is 0 Å². The zero-order chi connectivity index (χ0) is 23.9. The Bertz CT molecular complexity index is 1190. The van der Waals surface area contributed by atoms with Crippen LogP contribution in [0.2, 0.25) is 5.02 Å². The van der Waals surface area contributed by atoms with Crippen LogP contribution >= 0.6 is 11.6 Å². The van der Waals surface area contributed by atoms with Crippen LogP contribution in [0, 0.1) is 6.92 Å². The number of ether oxygens (including phenoxy) is 1. The molecule has 0 radical (unpaired) electrons. The number of hydrazine groups is 2. The third-order valence-corrected chi connectivity index (χ3v) is 6.41. The number of rotatable bonds is 6. The molecule has 0 saturated heterocycles. The van der Waals surface area contributed by atoms with Crippen molar-refractivity contribution >= 4 is 23.2 Å². The normalized spacial score (nSPS) is 16.0. The molecule has 2 aliphatic rings. The average molecular weight is 472 g/mol. The van der Waals surface area contributed by atoms with Crippen molar-refractivity contribution in [2.45, 2.75) is 53.4 Å². The number of nitrogens with one attached hydrogen (secondary N) is 3. The third-order valence-electron chi connectivity index (χ3n) is 6.02. The summed E-state index contributed by atoms with van der Waals surface area (Å²) >= 11 is 6.82. The number of allylic oxidation sites excluding steroid dienone is 1. The van der Waals surface area contributed by atoms with Crippen LogP contribution in [0.1, 0.15) is 59.1 Å². The lowest BCUT2D eigenvalue weighted by Gasteiger charge is -2.30. The molecule has 9 heteroatoms. The molecule has 0 bridgehead atoms. The molecule has 0 saturated carbocycles. The van der Waals surface area contributed by atoms with E-state index in [0.717, 1.165) is 33.8 Å². The van der Waals surface area contributed by atoms with Crippen molar-refractivity contribution in [1.29, 1.82) is 0 Å². The molecule has 1 aromatic carbocycles. The molecule has 0 spiro atoms. The summed E-state index contributed by atoms with van der Waals surface area (Å²) in [4.78, 5) is 30.9. The molecule has 0 atom stereocenters. The first-order valence-corrected chi connectivity index (χ1v) is 11.5. The van der Waals surface area contributed by atoms with E-state index in [1.54, 1.807) is 4.90 Å². The second-order valence-corrected chi connectivity index (χ2v) is 9.23. The minimum atomic E-state index is -0.193. The number of amides is 1. The number of halogens is 1. The van der Waals surface area contributed by atoms with Gasteiger partial charge in [0.1, 0.15) is 0 Å². The fourth-order valence-electron chi connectivity index (χ4n) is 4.36. The zero-order valence-electron chi connectivity index (χ0n) is 19.6. The summed E-state index contributed by atoms with van der Waals surface area (Å²) < 4.78 is 5.76. The number of aryl methyl sites for hydroxylation is 1. The number of H-pyrrole nitrogens is 1. The number of carbonyl (C=O) groups is 1. The molecule has 0 fully saturated rings. The van der Waals surface area contributed by atoms with E-state index >= 15 is 0 Å². The Morgan fingerprint density at radius 1 is 1.21 bits per heavy atom. The van der Waals surface area contributed by atoms with Crippen LogP contribution in [-0.4, -0.2) is 40.5 Å². The number of pyridine rings is 1. The van der Waals surface area contributed by atoms with Crippen molar-refractivity contribution in [3.05, 3.63) is 72.8 Å². The van der Waals surface area contributed by atoms with Crippen LogP contribution < -0.4 is 16.5 Å². The predicted molar refractivity (Wildman–Crippen MR) is 128 cm³/mol. The molecule has 2 aliphatic heterocycles. The molecule has 3 N–H and O–H groups in total. The molecule has 2 aromatic rings. The number of hydrogen-bond acceptors (Lipinski definition) is 6. The summed E-state index contributed by atoms with van der Waals surface area (Å²) in [6, 6.07) is 5.84. The van der Waals surface area contributed by atoms with Crippen LogP contribution in [0.15, 0.2) is 28.7 Å². The lowest BCUT2D eigenvalue weighted by Crippen LogP contribution is -2.39.